The molecule has 4 aromatic rings. The maximum absolute atomic E-state index is 14.6. The first-order valence-corrected chi connectivity index (χ1v) is 16.0. The zero-order valence-corrected chi connectivity index (χ0v) is 26.4. The maximum atomic E-state index is 14.6. The van der Waals surface area contributed by atoms with Gasteiger partial charge in [0, 0.05) is 29.3 Å². The number of carbonyl (C=O) groups excluding carboxylic acids is 2. The summed E-state index contributed by atoms with van der Waals surface area (Å²) < 4.78 is 46.9. The van der Waals surface area contributed by atoms with Crippen LogP contribution >= 0.6 is 0 Å². The van der Waals surface area contributed by atoms with Gasteiger partial charge >= 0.3 is 16.2 Å². The second-order valence-electron chi connectivity index (χ2n) is 10.9. The number of hydrogen-bond acceptors (Lipinski definition) is 7. The molecule has 0 radical (unpaired) electrons. The third kappa shape index (κ3) is 7.77. The molecule has 12 heteroatoms. The second-order valence-corrected chi connectivity index (χ2v) is 12.3. The van der Waals surface area contributed by atoms with E-state index in [4.69, 9.17) is 5.14 Å². The Labute approximate surface area is 267 Å². The van der Waals surface area contributed by atoms with Crippen LogP contribution in [0.2, 0.25) is 0 Å². The topological polar surface area (TPSA) is 152 Å². The predicted octanol–water partition coefficient (Wildman–Crippen LogP) is 5.08. The van der Waals surface area contributed by atoms with Gasteiger partial charge in [0.15, 0.2) is 0 Å². The van der Waals surface area contributed by atoms with Gasteiger partial charge in [-0.3, -0.25) is 9.59 Å². The van der Waals surface area contributed by atoms with Crippen molar-refractivity contribution in [3.05, 3.63) is 108 Å². The van der Waals surface area contributed by atoms with Crippen molar-refractivity contribution in [3.8, 4) is 22.3 Å². The summed E-state index contributed by atoms with van der Waals surface area (Å²) in [6.07, 6.45) is 0.0440. The van der Waals surface area contributed by atoms with Crippen LogP contribution in [0, 0.1) is 5.82 Å². The number of anilines is 1. The number of nitrogens with zero attached hydrogens (tertiary/aromatic N) is 2. The van der Waals surface area contributed by atoms with Crippen LogP contribution in [0.3, 0.4) is 0 Å². The van der Waals surface area contributed by atoms with E-state index < -0.39 is 46.2 Å². The number of amides is 1. The van der Waals surface area contributed by atoms with E-state index in [0.29, 0.717) is 32.3 Å². The molecule has 1 heterocycles. The monoisotopic (exact) mass is 649 g/mol. The Morgan fingerprint density at radius 3 is 2.04 bits per heavy atom. The Morgan fingerprint density at radius 2 is 1.50 bits per heavy atom. The van der Waals surface area contributed by atoms with Crippen molar-refractivity contribution >= 4 is 33.8 Å². The zero-order chi connectivity index (χ0) is 33.6. The van der Waals surface area contributed by atoms with Crippen molar-refractivity contribution in [1.82, 2.24) is 4.57 Å². The van der Waals surface area contributed by atoms with Crippen molar-refractivity contribution in [3.63, 3.8) is 0 Å². The minimum Gasteiger partial charge on any atom is -0.469 e. The summed E-state index contributed by atoms with van der Waals surface area (Å²) >= 11 is 0. The lowest BCUT2D eigenvalue weighted by atomic mass is 9.94. The van der Waals surface area contributed by atoms with Crippen LogP contribution in [-0.2, 0) is 19.7 Å². The zero-order valence-electron chi connectivity index (χ0n) is 25.6. The molecule has 1 aromatic heterocycles. The van der Waals surface area contributed by atoms with Crippen molar-refractivity contribution in [2.75, 3.05) is 11.4 Å². The number of nitrogens with two attached hydrogens (primary N) is 1. The van der Waals surface area contributed by atoms with Gasteiger partial charge in [0.25, 0.3) is 5.91 Å². The molecule has 0 aliphatic rings. The minimum atomic E-state index is -4.63. The number of aliphatic hydroxyl groups is 2. The Bertz CT molecular complexity index is 1810. The highest BCUT2D eigenvalue weighted by molar-refractivity contribution is 7.91. The predicted molar refractivity (Wildman–Crippen MR) is 174 cm³/mol. The van der Waals surface area contributed by atoms with E-state index in [1.807, 2.05) is 0 Å². The first kappa shape index (κ1) is 34.3. The summed E-state index contributed by atoms with van der Waals surface area (Å²) in [6.45, 7) is 3.61. The molecule has 1 amide bonds. The number of hydrogen-bond donors (Lipinski definition) is 3. The van der Waals surface area contributed by atoms with Crippen molar-refractivity contribution in [2.45, 2.75) is 44.9 Å². The highest BCUT2D eigenvalue weighted by Gasteiger charge is 2.36. The van der Waals surface area contributed by atoms with Gasteiger partial charge in [-0.25, -0.2) is 9.53 Å². The molecule has 0 aliphatic heterocycles. The van der Waals surface area contributed by atoms with Gasteiger partial charge in [-0.05, 0) is 55.3 Å². The summed E-state index contributed by atoms with van der Waals surface area (Å²) in [5.41, 5.74) is 2.30. The first-order chi connectivity index (χ1) is 21.8. The second kappa shape index (κ2) is 14.6. The number of methoxy groups -OCH3 is 1. The van der Waals surface area contributed by atoms with Crippen molar-refractivity contribution < 1.29 is 37.3 Å². The first-order valence-electron chi connectivity index (χ1n) is 14.5. The smallest absolute Gasteiger partial charge is 0.308 e. The molecule has 2 unspecified atom stereocenters. The van der Waals surface area contributed by atoms with Gasteiger partial charge in [-0.1, -0.05) is 66.7 Å². The Balaban J connectivity index is 2.04. The molecule has 0 saturated heterocycles. The number of carbonyl (C=O) groups is 2. The van der Waals surface area contributed by atoms with E-state index in [0.717, 1.165) is 0 Å². The average molecular weight is 650 g/mol. The van der Waals surface area contributed by atoms with Crippen LogP contribution in [-0.4, -0.2) is 54.4 Å². The lowest BCUT2D eigenvalue weighted by molar-refractivity contribution is -0.143. The fourth-order valence-electron chi connectivity index (χ4n) is 5.27. The van der Waals surface area contributed by atoms with E-state index >= 15 is 0 Å². The van der Waals surface area contributed by atoms with Gasteiger partial charge in [0.05, 0.1) is 31.4 Å². The van der Waals surface area contributed by atoms with Crippen molar-refractivity contribution in [2.24, 2.45) is 5.14 Å². The summed E-state index contributed by atoms with van der Waals surface area (Å²) in [7, 11) is -3.44. The number of benzene rings is 3. The minimum absolute atomic E-state index is 0.0155. The molecule has 242 valence electrons. The highest BCUT2D eigenvalue weighted by Crippen LogP contribution is 2.43. The van der Waals surface area contributed by atoms with Gasteiger partial charge < -0.3 is 19.5 Å². The molecule has 3 aromatic carbocycles. The summed E-state index contributed by atoms with van der Waals surface area (Å²) in [5.74, 6) is -2.05. The molecule has 10 nitrogen and oxygen atoms in total. The fraction of sp³-hybridized carbons (Fsp3) is 0.235. The number of esters is 1. The molecular weight excluding hydrogens is 613 g/mol. The van der Waals surface area contributed by atoms with Gasteiger partial charge in [0.1, 0.15) is 11.5 Å². The van der Waals surface area contributed by atoms with Crippen LogP contribution in [0.5, 0.6) is 0 Å². The largest absolute Gasteiger partial charge is 0.469 e. The molecule has 4 rings (SSSR count). The highest BCUT2D eigenvalue weighted by atomic mass is 32.2. The number of halogens is 1. The molecule has 0 saturated carbocycles. The third-order valence-electron chi connectivity index (χ3n) is 7.21. The number of ether oxygens (including phenoxy) is 1. The van der Waals surface area contributed by atoms with E-state index in [9.17, 15) is 32.6 Å². The van der Waals surface area contributed by atoms with Crippen LogP contribution in [0.4, 0.5) is 10.1 Å². The molecule has 0 spiro atoms. The van der Waals surface area contributed by atoms with Gasteiger partial charge in [-0.15, -0.1) is 0 Å². The lowest BCUT2D eigenvalue weighted by Crippen LogP contribution is -2.42. The van der Waals surface area contributed by atoms with Gasteiger partial charge in [0.2, 0.25) is 0 Å². The molecule has 0 fully saturated rings. The average Bonchev–Trinajstić information content (AvgIpc) is 3.36. The summed E-state index contributed by atoms with van der Waals surface area (Å²) in [6, 6.07) is 21.7. The number of aliphatic hydroxyl groups excluding tert-OH is 2. The fourth-order valence-corrected chi connectivity index (χ4v) is 6.00. The van der Waals surface area contributed by atoms with E-state index in [1.54, 1.807) is 85.2 Å². The lowest BCUT2D eigenvalue weighted by Gasteiger charge is -2.23. The molecule has 4 N–H and O–H groups in total. The van der Waals surface area contributed by atoms with Crippen LogP contribution < -0.4 is 9.44 Å². The molecule has 46 heavy (non-hydrogen) atoms. The SMILES string of the molecule is COC(=O)CC(O)CC(O)C=Cc1c(-c2ccc(F)cc2)c(-c2ccccc2)c(C(=O)N(c2ccccc2)S(N)(=O)=O)n1C(C)C. The quantitative estimate of drug-likeness (QED) is 0.181. The summed E-state index contributed by atoms with van der Waals surface area (Å²) in [4.78, 5) is 26.2. The Hall–Kier alpha value is -4.62. The van der Waals surface area contributed by atoms with E-state index in [1.165, 1.54) is 37.5 Å². The van der Waals surface area contributed by atoms with E-state index in [2.05, 4.69) is 4.74 Å². The normalized spacial score (nSPS) is 13.1. The van der Waals surface area contributed by atoms with Crippen molar-refractivity contribution in [1.29, 1.82) is 0 Å². The molecule has 0 aliphatic carbocycles. The van der Waals surface area contributed by atoms with Gasteiger partial charge in [-0.2, -0.15) is 12.7 Å². The number of aromatic nitrogens is 1. The summed E-state index contributed by atoms with van der Waals surface area (Å²) in [5, 5.41) is 26.7. The standard InChI is InChI=1S/C34H36FN3O7S/c1-22(2)37-29(19-18-27(39)20-28(40)21-30(41)45-3)31(24-14-16-25(35)17-15-24)32(23-10-6-4-7-11-23)33(37)34(42)38(46(36,43)44)26-12-8-5-9-13-26/h4-19,22,27-28,39-40H,20-21H2,1-3H3,(H2,36,43,44). The van der Waals surface area contributed by atoms with Crippen LogP contribution in [0.15, 0.2) is 91.0 Å². The number of rotatable bonds is 12. The van der Waals surface area contributed by atoms with E-state index in [-0.39, 0.29) is 24.2 Å². The molecule has 2 atom stereocenters. The Kier molecular flexibility index (Phi) is 10.9. The molecule has 0 bridgehead atoms. The Morgan fingerprint density at radius 1 is 0.935 bits per heavy atom. The number of para-hydroxylation sites is 1. The van der Waals surface area contributed by atoms with Crippen LogP contribution in [0.1, 0.15) is 48.9 Å². The van der Waals surface area contributed by atoms with Crippen LogP contribution in [0.25, 0.3) is 28.3 Å². The maximum Gasteiger partial charge on any atom is 0.308 e. The third-order valence-corrected chi connectivity index (χ3v) is 8.09. The molecular formula is C34H36FN3O7S.